The zero-order valence-electron chi connectivity index (χ0n) is 14.4. The summed E-state index contributed by atoms with van der Waals surface area (Å²) in [5.74, 6) is 0.874. The maximum Gasteiger partial charge on any atom is 0.240 e. The number of benzene rings is 2. The number of nitrogens with zero attached hydrogens (tertiary/aromatic N) is 2. The highest BCUT2D eigenvalue weighted by Gasteiger charge is 2.14. The van der Waals surface area contributed by atoms with Crippen molar-refractivity contribution in [1.82, 2.24) is 14.3 Å². The van der Waals surface area contributed by atoms with Crippen LogP contribution in [-0.2, 0) is 16.6 Å². The zero-order valence-corrected chi connectivity index (χ0v) is 16.0. The van der Waals surface area contributed by atoms with Crippen LogP contribution in [0.5, 0.6) is 0 Å². The maximum atomic E-state index is 12.4. The molecule has 7 heteroatoms. The summed E-state index contributed by atoms with van der Waals surface area (Å²) in [5.41, 5.74) is 1.88. The van der Waals surface area contributed by atoms with Crippen LogP contribution in [0, 0.1) is 6.92 Å². The molecule has 0 aliphatic heterocycles. The molecule has 3 aromatic rings. The molecule has 5 nitrogen and oxygen atoms in total. The number of rotatable bonds is 7. The Kier molecular flexibility index (Phi) is 5.76. The SMILES string of the molecule is Cc1ccc(S(=O)(=O)NCCCn2ccnc2-c2ccccc2)cc1Cl. The van der Waals surface area contributed by atoms with Gasteiger partial charge in [0, 0.05) is 36.1 Å². The smallest absolute Gasteiger partial charge is 0.240 e. The van der Waals surface area contributed by atoms with Crippen molar-refractivity contribution < 1.29 is 8.42 Å². The minimum atomic E-state index is -3.56. The summed E-state index contributed by atoms with van der Waals surface area (Å²) in [6.07, 6.45) is 4.30. The molecule has 0 atom stereocenters. The Hall–Kier alpha value is -2.15. The van der Waals surface area contributed by atoms with Gasteiger partial charge < -0.3 is 4.57 Å². The Bertz CT molecular complexity index is 985. The second kappa shape index (κ2) is 8.03. The van der Waals surface area contributed by atoms with Gasteiger partial charge in [-0.25, -0.2) is 18.1 Å². The first-order valence-electron chi connectivity index (χ1n) is 8.30. The highest BCUT2D eigenvalue weighted by atomic mass is 35.5. The van der Waals surface area contributed by atoms with Gasteiger partial charge in [0.1, 0.15) is 5.82 Å². The summed E-state index contributed by atoms with van der Waals surface area (Å²) in [5, 5.41) is 0.443. The van der Waals surface area contributed by atoms with Crippen LogP contribution >= 0.6 is 11.6 Å². The third kappa shape index (κ3) is 4.33. The molecular formula is C19H20ClN3O2S. The quantitative estimate of drug-likeness (QED) is 0.623. The van der Waals surface area contributed by atoms with Crippen molar-refractivity contribution in [2.75, 3.05) is 6.54 Å². The molecule has 0 bridgehead atoms. The standard InChI is InChI=1S/C19H20ClN3O2S/c1-15-8-9-17(14-18(15)20)26(24,25)22-10-5-12-23-13-11-21-19(23)16-6-3-2-4-7-16/h2-4,6-9,11,13-14,22H,5,10,12H2,1H3. The van der Waals surface area contributed by atoms with Crippen LogP contribution in [0.2, 0.25) is 5.02 Å². The molecule has 1 N–H and O–H groups in total. The molecular weight excluding hydrogens is 370 g/mol. The average molecular weight is 390 g/mol. The number of nitrogens with one attached hydrogen (secondary N) is 1. The van der Waals surface area contributed by atoms with E-state index in [0.717, 1.165) is 17.0 Å². The molecule has 0 aliphatic rings. The van der Waals surface area contributed by atoms with Crippen molar-refractivity contribution in [3.8, 4) is 11.4 Å². The molecule has 1 aromatic heterocycles. The van der Waals surface area contributed by atoms with Crippen molar-refractivity contribution in [3.63, 3.8) is 0 Å². The summed E-state index contributed by atoms with van der Waals surface area (Å²) in [6, 6.07) is 14.6. The maximum absolute atomic E-state index is 12.4. The largest absolute Gasteiger partial charge is 0.331 e. The van der Waals surface area contributed by atoms with Crippen molar-refractivity contribution in [1.29, 1.82) is 0 Å². The molecule has 0 saturated heterocycles. The van der Waals surface area contributed by atoms with E-state index in [2.05, 4.69) is 9.71 Å². The van der Waals surface area contributed by atoms with Gasteiger partial charge in [0.15, 0.2) is 0 Å². The van der Waals surface area contributed by atoms with Crippen LogP contribution in [-0.4, -0.2) is 24.5 Å². The number of sulfonamides is 1. The third-order valence-corrected chi connectivity index (χ3v) is 5.93. The van der Waals surface area contributed by atoms with Gasteiger partial charge in [-0.1, -0.05) is 48.0 Å². The van der Waals surface area contributed by atoms with Gasteiger partial charge >= 0.3 is 0 Å². The van der Waals surface area contributed by atoms with Gasteiger partial charge in [-0.3, -0.25) is 0 Å². The normalized spacial score (nSPS) is 11.6. The molecule has 0 amide bonds. The predicted octanol–water partition coefficient (Wildman–Crippen LogP) is 3.88. The third-order valence-electron chi connectivity index (χ3n) is 4.07. The number of imidazole rings is 1. The van der Waals surface area contributed by atoms with Crippen LogP contribution in [0.15, 0.2) is 65.8 Å². The fraction of sp³-hybridized carbons (Fsp3) is 0.211. The molecule has 136 valence electrons. The predicted molar refractivity (Wildman–Crippen MR) is 104 cm³/mol. The molecule has 0 fully saturated rings. The van der Waals surface area contributed by atoms with Gasteiger partial charge in [0.25, 0.3) is 0 Å². The van der Waals surface area contributed by atoms with Gasteiger partial charge in [-0.2, -0.15) is 0 Å². The van der Waals surface area contributed by atoms with Crippen molar-refractivity contribution >= 4 is 21.6 Å². The summed E-state index contributed by atoms with van der Waals surface area (Å²) in [6.45, 7) is 2.84. The van der Waals surface area contributed by atoms with E-state index < -0.39 is 10.0 Å². The van der Waals surface area contributed by atoms with E-state index in [1.807, 2.05) is 48.0 Å². The summed E-state index contributed by atoms with van der Waals surface area (Å²) < 4.78 is 29.4. The van der Waals surface area contributed by atoms with Gasteiger partial charge in [0.05, 0.1) is 4.90 Å². The summed E-state index contributed by atoms with van der Waals surface area (Å²) in [7, 11) is -3.56. The zero-order chi connectivity index (χ0) is 18.6. The molecule has 26 heavy (non-hydrogen) atoms. The number of hydrogen-bond acceptors (Lipinski definition) is 3. The van der Waals surface area contributed by atoms with Crippen LogP contribution in [0.3, 0.4) is 0 Å². The topological polar surface area (TPSA) is 64.0 Å². The van der Waals surface area contributed by atoms with E-state index in [9.17, 15) is 8.42 Å². The number of aromatic nitrogens is 2. The lowest BCUT2D eigenvalue weighted by Gasteiger charge is -2.10. The molecule has 0 aliphatic carbocycles. The van der Waals surface area contributed by atoms with Crippen molar-refractivity contribution in [2.45, 2.75) is 24.8 Å². The van der Waals surface area contributed by atoms with E-state index >= 15 is 0 Å². The van der Waals surface area contributed by atoms with Crippen LogP contribution < -0.4 is 4.72 Å². The first-order valence-corrected chi connectivity index (χ1v) is 10.2. The van der Waals surface area contributed by atoms with Crippen LogP contribution in [0.25, 0.3) is 11.4 Å². The molecule has 0 unspecified atom stereocenters. The average Bonchev–Trinajstić information content (AvgIpc) is 3.10. The van der Waals surface area contributed by atoms with E-state index in [1.165, 1.54) is 6.07 Å². The highest BCUT2D eigenvalue weighted by Crippen LogP contribution is 2.20. The summed E-state index contributed by atoms with van der Waals surface area (Å²) >= 11 is 6.02. The summed E-state index contributed by atoms with van der Waals surface area (Å²) in [4.78, 5) is 4.57. The van der Waals surface area contributed by atoms with Gasteiger partial charge in [-0.15, -0.1) is 0 Å². The lowest BCUT2D eigenvalue weighted by atomic mass is 10.2. The number of aryl methyl sites for hydroxylation is 2. The van der Waals surface area contributed by atoms with Crippen molar-refractivity contribution in [3.05, 3.63) is 71.5 Å². The van der Waals surface area contributed by atoms with Crippen LogP contribution in [0.1, 0.15) is 12.0 Å². The lowest BCUT2D eigenvalue weighted by Crippen LogP contribution is -2.25. The molecule has 0 spiro atoms. The second-order valence-electron chi connectivity index (χ2n) is 5.97. The molecule has 1 heterocycles. The van der Waals surface area contributed by atoms with Crippen molar-refractivity contribution in [2.24, 2.45) is 0 Å². The molecule has 3 rings (SSSR count). The second-order valence-corrected chi connectivity index (χ2v) is 8.15. The molecule has 0 radical (unpaired) electrons. The lowest BCUT2D eigenvalue weighted by molar-refractivity contribution is 0.570. The first kappa shape index (κ1) is 18.6. The molecule has 2 aromatic carbocycles. The minimum Gasteiger partial charge on any atom is -0.331 e. The monoisotopic (exact) mass is 389 g/mol. The first-order chi connectivity index (χ1) is 12.5. The minimum absolute atomic E-state index is 0.181. The Morgan fingerprint density at radius 2 is 1.92 bits per heavy atom. The van der Waals surface area contributed by atoms with E-state index in [1.54, 1.807) is 18.3 Å². The van der Waals surface area contributed by atoms with E-state index in [4.69, 9.17) is 11.6 Å². The number of hydrogen-bond donors (Lipinski definition) is 1. The Morgan fingerprint density at radius 1 is 1.15 bits per heavy atom. The Labute approximate surface area is 158 Å². The Balaban J connectivity index is 1.59. The van der Waals surface area contributed by atoms with Gasteiger partial charge in [-0.05, 0) is 31.0 Å². The highest BCUT2D eigenvalue weighted by molar-refractivity contribution is 7.89. The van der Waals surface area contributed by atoms with Gasteiger partial charge in [0.2, 0.25) is 10.0 Å². The molecule has 0 saturated carbocycles. The van der Waals surface area contributed by atoms with E-state index in [-0.39, 0.29) is 4.90 Å². The fourth-order valence-corrected chi connectivity index (χ4v) is 3.96. The fourth-order valence-electron chi connectivity index (χ4n) is 2.62. The van der Waals surface area contributed by atoms with E-state index in [0.29, 0.717) is 24.5 Å². The van der Waals surface area contributed by atoms with Crippen LogP contribution in [0.4, 0.5) is 0 Å². The Morgan fingerprint density at radius 3 is 2.65 bits per heavy atom. The number of halogens is 1.